The first-order valence-corrected chi connectivity index (χ1v) is 8.72. The fraction of sp³-hybridized carbons (Fsp3) is 0. The van der Waals surface area contributed by atoms with Crippen molar-refractivity contribution in [1.82, 2.24) is 4.98 Å². The van der Waals surface area contributed by atoms with E-state index in [0.717, 1.165) is 20.4 Å². The summed E-state index contributed by atoms with van der Waals surface area (Å²) in [6.45, 7) is 0. The maximum absolute atomic E-state index is 5.93. The fourth-order valence-corrected chi connectivity index (χ4v) is 3.07. The number of benzene rings is 2. The summed E-state index contributed by atoms with van der Waals surface area (Å²) < 4.78 is 0. The maximum Gasteiger partial charge on any atom is 0.171 e. The van der Waals surface area contributed by atoms with Gasteiger partial charge >= 0.3 is 0 Å². The van der Waals surface area contributed by atoms with Crippen molar-refractivity contribution in [2.24, 2.45) is 15.9 Å². The molecule has 0 aliphatic rings. The van der Waals surface area contributed by atoms with Gasteiger partial charge in [0.25, 0.3) is 0 Å². The lowest BCUT2D eigenvalue weighted by atomic mass is 10.2. The molecule has 0 bridgehead atoms. The number of aromatic nitrogens is 1. The topological polar surface area (TPSA) is 63.6 Å². The van der Waals surface area contributed by atoms with Crippen molar-refractivity contribution in [2.45, 2.75) is 9.79 Å². The van der Waals surface area contributed by atoms with Crippen LogP contribution in [0.3, 0.4) is 0 Å². The van der Waals surface area contributed by atoms with Gasteiger partial charge in [-0.05, 0) is 42.5 Å². The van der Waals surface area contributed by atoms with Gasteiger partial charge in [0.1, 0.15) is 5.69 Å². The molecule has 0 atom stereocenters. The Kier molecular flexibility index (Phi) is 5.82. The Labute approximate surface area is 155 Å². The normalized spacial score (nSPS) is 11.8. The molecule has 0 fully saturated rings. The summed E-state index contributed by atoms with van der Waals surface area (Å²) in [6.07, 6.45) is 3.35. The van der Waals surface area contributed by atoms with Gasteiger partial charge in [-0.15, -0.1) is 5.10 Å². The molecule has 0 spiro atoms. The minimum atomic E-state index is 0.277. The van der Waals surface area contributed by atoms with E-state index in [1.165, 1.54) is 0 Å². The van der Waals surface area contributed by atoms with Crippen molar-refractivity contribution in [1.29, 1.82) is 0 Å². The molecule has 3 rings (SSSR count). The van der Waals surface area contributed by atoms with E-state index >= 15 is 0 Å². The molecule has 0 aliphatic heterocycles. The van der Waals surface area contributed by atoms with Gasteiger partial charge in [-0.3, -0.25) is 4.98 Å². The first-order chi connectivity index (χ1) is 12.2. The van der Waals surface area contributed by atoms with E-state index in [4.69, 9.17) is 17.3 Å². The summed E-state index contributed by atoms with van der Waals surface area (Å²) in [7, 11) is 0. The van der Waals surface area contributed by atoms with E-state index in [-0.39, 0.29) is 5.84 Å². The molecular weight excluding hydrogens is 352 g/mol. The minimum Gasteiger partial charge on any atom is -0.380 e. The highest BCUT2D eigenvalue weighted by molar-refractivity contribution is 7.99. The second kappa shape index (κ2) is 8.46. The first-order valence-electron chi connectivity index (χ1n) is 7.53. The van der Waals surface area contributed by atoms with Crippen LogP contribution < -0.4 is 5.73 Å². The van der Waals surface area contributed by atoms with Crippen molar-refractivity contribution in [3.05, 3.63) is 89.2 Å². The first kappa shape index (κ1) is 17.2. The largest absolute Gasteiger partial charge is 0.380 e. The van der Waals surface area contributed by atoms with E-state index in [0.29, 0.717) is 5.69 Å². The zero-order valence-corrected chi connectivity index (χ0v) is 14.8. The molecule has 0 saturated carbocycles. The third-order valence-electron chi connectivity index (χ3n) is 3.25. The average molecular weight is 367 g/mol. The summed E-state index contributed by atoms with van der Waals surface area (Å²) in [6, 6.07) is 21.1. The number of amidine groups is 1. The standard InChI is InChI=1S/C19H15ClN4S/c20-15-8-10-16(11-9-15)25-18-7-2-1-5-14(18)13-23-24-19(21)17-6-3-4-12-22-17/h1-13H,(H2,21,24)/b23-13+. The number of pyridine rings is 1. The summed E-state index contributed by atoms with van der Waals surface area (Å²) in [4.78, 5) is 6.31. The summed E-state index contributed by atoms with van der Waals surface area (Å²) in [5, 5.41) is 8.84. The predicted molar refractivity (Wildman–Crippen MR) is 105 cm³/mol. The highest BCUT2D eigenvalue weighted by Gasteiger charge is 2.03. The van der Waals surface area contributed by atoms with Crippen LogP contribution in [-0.4, -0.2) is 17.0 Å². The number of nitrogens with two attached hydrogens (primary N) is 1. The monoisotopic (exact) mass is 366 g/mol. The Balaban J connectivity index is 1.77. The van der Waals surface area contributed by atoms with Gasteiger partial charge in [0.15, 0.2) is 5.84 Å². The molecule has 4 nitrogen and oxygen atoms in total. The van der Waals surface area contributed by atoms with E-state index in [1.54, 1.807) is 30.2 Å². The zero-order valence-electron chi connectivity index (χ0n) is 13.2. The highest BCUT2D eigenvalue weighted by atomic mass is 35.5. The quantitative estimate of drug-likeness (QED) is 0.407. The molecule has 3 aromatic rings. The number of halogens is 1. The molecule has 6 heteroatoms. The van der Waals surface area contributed by atoms with E-state index < -0.39 is 0 Å². The van der Waals surface area contributed by atoms with Crippen molar-refractivity contribution in [2.75, 3.05) is 0 Å². The van der Waals surface area contributed by atoms with Crippen LogP contribution in [0.15, 0.2) is 92.9 Å². The van der Waals surface area contributed by atoms with Crippen molar-refractivity contribution < 1.29 is 0 Å². The van der Waals surface area contributed by atoms with Crippen molar-refractivity contribution >= 4 is 35.4 Å². The third kappa shape index (κ3) is 4.92. The van der Waals surface area contributed by atoms with E-state index in [2.05, 4.69) is 15.2 Å². The van der Waals surface area contributed by atoms with Gasteiger partial charge in [0.05, 0.1) is 6.21 Å². The Morgan fingerprint density at radius 3 is 2.52 bits per heavy atom. The molecule has 1 aromatic heterocycles. The summed E-state index contributed by atoms with van der Waals surface area (Å²) >= 11 is 7.57. The SMILES string of the molecule is N/C(=N\N=C\c1ccccc1Sc1ccc(Cl)cc1)c1ccccn1. The molecular formula is C19H15ClN4S. The zero-order chi connectivity index (χ0) is 17.5. The molecule has 0 unspecified atom stereocenters. The number of hydrogen-bond acceptors (Lipinski definition) is 4. The van der Waals surface area contributed by atoms with E-state index in [1.807, 2.05) is 60.7 Å². The highest BCUT2D eigenvalue weighted by Crippen LogP contribution is 2.30. The minimum absolute atomic E-state index is 0.277. The van der Waals surface area contributed by atoms with Gasteiger partial charge in [0.2, 0.25) is 0 Å². The number of rotatable bonds is 5. The molecule has 0 amide bonds. The fourth-order valence-electron chi connectivity index (χ4n) is 2.03. The van der Waals surface area contributed by atoms with Crippen LogP contribution >= 0.6 is 23.4 Å². The molecule has 2 aromatic carbocycles. The summed E-state index contributed by atoms with van der Waals surface area (Å²) in [5.74, 6) is 0.277. The van der Waals surface area contributed by atoms with Crippen LogP contribution in [0.5, 0.6) is 0 Å². The van der Waals surface area contributed by atoms with E-state index in [9.17, 15) is 0 Å². The molecule has 124 valence electrons. The smallest absolute Gasteiger partial charge is 0.171 e. The molecule has 0 aliphatic carbocycles. The van der Waals surface area contributed by atoms with Gasteiger partial charge in [-0.25, -0.2) is 0 Å². The number of hydrogen-bond donors (Lipinski definition) is 1. The second-order valence-electron chi connectivity index (χ2n) is 5.04. The van der Waals surface area contributed by atoms with Crippen LogP contribution in [0, 0.1) is 0 Å². The lowest BCUT2D eigenvalue weighted by Crippen LogP contribution is -2.14. The Morgan fingerprint density at radius 1 is 1.00 bits per heavy atom. The Bertz CT molecular complexity index is 893. The van der Waals surface area contributed by atoms with Crippen molar-refractivity contribution in [3.8, 4) is 0 Å². The van der Waals surface area contributed by atoms with Gasteiger partial charge in [-0.2, -0.15) is 5.10 Å². The molecule has 0 radical (unpaired) electrons. The molecule has 25 heavy (non-hydrogen) atoms. The average Bonchev–Trinajstić information content (AvgIpc) is 2.65. The van der Waals surface area contributed by atoms with Crippen LogP contribution in [0.2, 0.25) is 5.02 Å². The van der Waals surface area contributed by atoms with Gasteiger partial charge in [0, 0.05) is 26.6 Å². The van der Waals surface area contributed by atoms with Crippen LogP contribution in [0.1, 0.15) is 11.3 Å². The van der Waals surface area contributed by atoms with Gasteiger partial charge in [-0.1, -0.05) is 47.6 Å². The van der Waals surface area contributed by atoms with Crippen molar-refractivity contribution in [3.63, 3.8) is 0 Å². The molecule has 2 N–H and O–H groups in total. The lowest BCUT2D eigenvalue weighted by Gasteiger charge is -2.05. The van der Waals surface area contributed by atoms with Gasteiger partial charge < -0.3 is 5.73 Å². The van der Waals surface area contributed by atoms with Crippen LogP contribution in [0.25, 0.3) is 0 Å². The Hall–Kier alpha value is -2.63. The molecule has 0 saturated heterocycles. The predicted octanol–water partition coefficient (Wildman–Crippen LogP) is 4.63. The summed E-state index contributed by atoms with van der Waals surface area (Å²) in [5.41, 5.74) is 7.45. The third-order valence-corrected chi connectivity index (χ3v) is 4.60. The Morgan fingerprint density at radius 2 is 1.76 bits per heavy atom. The second-order valence-corrected chi connectivity index (χ2v) is 6.59. The maximum atomic E-state index is 5.93. The number of nitrogens with zero attached hydrogens (tertiary/aromatic N) is 3. The van der Waals surface area contributed by atoms with Crippen LogP contribution in [0.4, 0.5) is 0 Å². The molecule has 1 heterocycles. The van der Waals surface area contributed by atoms with Crippen LogP contribution in [-0.2, 0) is 0 Å². The lowest BCUT2D eigenvalue weighted by molar-refractivity contribution is 1.19.